The number of piperidine rings is 1. The number of nitrogens with zero attached hydrogens (tertiary/aromatic N) is 2. The third kappa shape index (κ3) is 3.22. The molecule has 2 aliphatic heterocycles. The molecule has 36 heavy (non-hydrogen) atoms. The number of likely N-dealkylation sites (tertiary alicyclic amines) is 1. The Morgan fingerprint density at radius 1 is 0.917 bits per heavy atom. The maximum Gasteiger partial charge on any atom is 0.339 e. The van der Waals surface area contributed by atoms with Crippen LogP contribution < -0.4 is 0 Å². The van der Waals surface area contributed by atoms with E-state index in [1.54, 1.807) is 0 Å². The molecule has 1 amide bonds. The molecule has 2 aliphatic rings. The zero-order valence-electron chi connectivity index (χ0n) is 20.9. The number of ether oxygens (including phenoxy) is 1. The monoisotopic (exact) mass is 478 g/mol. The SMILES string of the molecule is Cc1c(C(=O)N2C[C@H](C)C3(OC(=O)c4ccccc43)[C@@H](C)C2)c2ccccc2n1Cc1ccccc1. The van der Waals surface area contributed by atoms with Gasteiger partial charge in [0, 0.05) is 53.6 Å². The molecule has 5 nitrogen and oxygen atoms in total. The summed E-state index contributed by atoms with van der Waals surface area (Å²) in [6.07, 6.45) is 0. The second-order valence-corrected chi connectivity index (χ2v) is 10.3. The number of para-hydroxylation sites is 1. The predicted octanol–water partition coefficient (Wildman–Crippen LogP) is 5.79. The third-order valence-electron chi connectivity index (χ3n) is 8.20. The van der Waals surface area contributed by atoms with Crippen LogP contribution >= 0.6 is 0 Å². The highest BCUT2D eigenvalue weighted by atomic mass is 16.6. The minimum Gasteiger partial charge on any atom is -0.450 e. The van der Waals surface area contributed by atoms with Crippen molar-refractivity contribution in [2.75, 3.05) is 13.1 Å². The van der Waals surface area contributed by atoms with Crippen LogP contribution in [-0.4, -0.2) is 34.4 Å². The van der Waals surface area contributed by atoms with Gasteiger partial charge in [-0.25, -0.2) is 4.79 Å². The van der Waals surface area contributed by atoms with Crippen molar-refractivity contribution in [2.45, 2.75) is 32.9 Å². The van der Waals surface area contributed by atoms with Gasteiger partial charge < -0.3 is 14.2 Å². The quantitative estimate of drug-likeness (QED) is 0.350. The van der Waals surface area contributed by atoms with Gasteiger partial charge in [0.25, 0.3) is 5.91 Å². The standard InChI is InChI=1S/C31H30N2O3/c1-20-17-32(18-21(2)31(20)26-15-9-7-13-24(26)30(35)36-31)29(34)28-22(3)33(19-23-11-5-4-6-12-23)27-16-10-8-14-25(27)28/h4-16,20-21H,17-19H2,1-3H3/t20-,21-/m0/s1. The van der Waals surface area contributed by atoms with Crippen LogP contribution in [0.1, 0.15) is 51.4 Å². The van der Waals surface area contributed by atoms with Crippen molar-refractivity contribution >= 4 is 22.8 Å². The molecule has 182 valence electrons. The molecule has 2 atom stereocenters. The fourth-order valence-corrected chi connectivity index (χ4v) is 6.48. The summed E-state index contributed by atoms with van der Waals surface area (Å²) in [6, 6.07) is 26.2. The molecule has 1 aromatic heterocycles. The molecule has 1 fully saturated rings. The molecular formula is C31H30N2O3. The number of esters is 1. The summed E-state index contributed by atoms with van der Waals surface area (Å²) < 4.78 is 8.34. The van der Waals surface area contributed by atoms with Crippen LogP contribution in [-0.2, 0) is 16.9 Å². The minimum atomic E-state index is -0.694. The number of carbonyl (C=O) groups excluding carboxylic acids is 2. The molecule has 6 rings (SSSR count). The van der Waals surface area contributed by atoms with E-state index >= 15 is 0 Å². The number of aromatic nitrogens is 1. The Hall–Kier alpha value is -3.86. The normalized spacial score (nSPS) is 20.5. The Morgan fingerprint density at radius 3 is 2.31 bits per heavy atom. The molecule has 0 bridgehead atoms. The van der Waals surface area contributed by atoms with Crippen molar-refractivity contribution in [3.63, 3.8) is 0 Å². The summed E-state index contributed by atoms with van der Waals surface area (Å²) >= 11 is 0. The minimum absolute atomic E-state index is 0.0317. The van der Waals surface area contributed by atoms with E-state index in [2.05, 4.69) is 36.6 Å². The largest absolute Gasteiger partial charge is 0.450 e. The van der Waals surface area contributed by atoms with Gasteiger partial charge in [-0.2, -0.15) is 0 Å². The van der Waals surface area contributed by atoms with Crippen LogP contribution in [0.4, 0.5) is 0 Å². The first-order valence-corrected chi connectivity index (χ1v) is 12.7. The lowest BCUT2D eigenvalue weighted by Crippen LogP contribution is -2.56. The van der Waals surface area contributed by atoms with E-state index in [4.69, 9.17) is 4.74 Å². The van der Waals surface area contributed by atoms with E-state index in [-0.39, 0.29) is 23.7 Å². The van der Waals surface area contributed by atoms with Gasteiger partial charge >= 0.3 is 5.97 Å². The molecule has 0 aliphatic carbocycles. The van der Waals surface area contributed by atoms with Crippen LogP contribution in [0, 0.1) is 18.8 Å². The van der Waals surface area contributed by atoms with Crippen LogP contribution in [0.5, 0.6) is 0 Å². The van der Waals surface area contributed by atoms with Gasteiger partial charge in [0.2, 0.25) is 0 Å². The van der Waals surface area contributed by atoms with E-state index in [9.17, 15) is 9.59 Å². The zero-order chi connectivity index (χ0) is 25.0. The van der Waals surface area contributed by atoms with E-state index < -0.39 is 5.60 Å². The number of hydrogen-bond acceptors (Lipinski definition) is 3. The summed E-state index contributed by atoms with van der Waals surface area (Å²) in [5.41, 5.74) is 4.91. The Bertz CT molecular complexity index is 1470. The number of amides is 1. The molecule has 0 N–H and O–H groups in total. The van der Waals surface area contributed by atoms with Gasteiger partial charge in [0.15, 0.2) is 0 Å². The van der Waals surface area contributed by atoms with Crippen LogP contribution in [0.25, 0.3) is 10.9 Å². The molecule has 1 spiro atoms. The van der Waals surface area contributed by atoms with Crippen molar-refractivity contribution < 1.29 is 14.3 Å². The van der Waals surface area contributed by atoms with Gasteiger partial charge in [-0.05, 0) is 24.6 Å². The van der Waals surface area contributed by atoms with Crippen molar-refractivity contribution in [1.29, 1.82) is 0 Å². The van der Waals surface area contributed by atoms with Crippen molar-refractivity contribution in [3.8, 4) is 0 Å². The lowest BCUT2D eigenvalue weighted by molar-refractivity contribution is -0.105. The number of fused-ring (bicyclic) bond motifs is 3. The van der Waals surface area contributed by atoms with E-state index in [0.29, 0.717) is 25.2 Å². The number of carbonyl (C=O) groups is 2. The number of rotatable bonds is 3. The summed E-state index contributed by atoms with van der Waals surface area (Å²) in [4.78, 5) is 28.8. The van der Waals surface area contributed by atoms with Gasteiger partial charge in [-0.15, -0.1) is 0 Å². The van der Waals surface area contributed by atoms with Gasteiger partial charge in [0.05, 0.1) is 11.1 Å². The van der Waals surface area contributed by atoms with E-state index in [0.717, 1.165) is 27.7 Å². The Morgan fingerprint density at radius 2 is 1.56 bits per heavy atom. The molecule has 4 aromatic rings. The highest BCUT2D eigenvalue weighted by Gasteiger charge is 2.56. The maximum absolute atomic E-state index is 14.1. The third-order valence-corrected chi connectivity index (χ3v) is 8.20. The van der Waals surface area contributed by atoms with Crippen LogP contribution in [0.2, 0.25) is 0 Å². The van der Waals surface area contributed by atoms with Crippen LogP contribution in [0.15, 0.2) is 78.9 Å². The van der Waals surface area contributed by atoms with Gasteiger partial charge in [0.1, 0.15) is 5.60 Å². The van der Waals surface area contributed by atoms with Crippen LogP contribution in [0.3, 0.4) is 0 Å². The first kappa shape index (κ1) is 22.6. The summed E-state index contributed by atoms with van der Waals surface area (Å²) in [6.45, 7) is 8.01. The highest BCUT2D eigenvalue weighted by Crippen LogP contribution is 2.50. The topological polar surface area (TPSA) is 51.5 Å². The van der Waals surface area contributed by atoms with Gasteiger partial charge in [-0.3, -0.25) is 4.79 Å². The van der Waals surface area contributed by atoms with Crippen molar-refractivity contribution in [3.05, 3.63) is 107 Å². The molecule has 1 saturated heterocycles. The van der Waals surface area contributed by atoms with E-state index in [1.807, 2.05) is 72.5 Å². The lowest BCUT2D eigenvalue weighted by Gasteiger charge is -2.48. The maximum atomic E-state index is 14.1. The smallest absolute Gasteiger partial charge is 0.339 e. The van der Waals surface area contributed by atoms with E-state index in [1.165, 1.54) is 5.56 Å². The first-order valence-electron chi connectivity index (χ1n) is 12.7. The second-order valence-electron chi connectivity index (χ2n) is 10.3. The summed E-state index contributed by atoms with van der Waals surface area (Å²) in [5.74, 6) is -0.280. The fraction of sp³-hybridized carbons (Fsp3) is 0.290. The average Bonchev–Trinajstić information content (AvgIpc) is 3.35. The molecule has 3 aromatic carbocycles. The second kappa shape index (κ2) is 8.37. The summed E-state index contributed by atoms with van der Waals surface area (Å²) in [5, 5.41) is 0.981. The highest BCUT2D eigenvalue weighted by molar-refractivity contribution is 6.08. The molecular weight excluding hydrogens is 448 g/mol. The van der Waals surface area contributed by atoms with Crippen molar-refractivity contribution in [1.82, 2.24) is 9.47 Å². The fourth-order valence-electron chi connectivity index (χ4n) is 6.48. The van der Waals surface area contributed by atoms with Crippen molar-refractivity contribution in [2.24, 2.45) is 11.8 Å². The molecule has 0 saturated carbocycles. The predicted molar refractivity (Wildman–Crippen MR) is 140 cm³/mol. The Labute approximate surface area is 211 Å². The molecule has 3 heterocycles. The Kier molecular flexibility index (Phi) is 5.25. The summed E-state index contributed by atoms with van der Waals surface area (Å²) in [7, 11) is 0. The lowest BCUT2D eigenvalue weighted by atomic mass is 9.70. The number of hydrogen-bond donors (Lipinski definition) is 0. The molecule has 0 radical (unpaired) electrons. The average molecular weight is 479 g/mol. The molecule has 5 heteroatoms. The number of benzene rings is 3. The molecule has 0 unspecified atom stereocenters. The van der Waals surface area contributed by atoms with Gasteiger partial charge in [-0.1, -0.05) is 80.6 Å². The first-order chi connectivity index (χ1) is 17.4. The Balaban J connectivity index is 1.36. The zero-order valence-corrected chi connectivity index (χ0v) is 20.9.